The van der Waals surface area contributed by atoms with Crippen molar-refractivity contribution in [2.45, 2.75) is 45.5 Å². The molecule has 0 unspecified atom stereocenters. The minimum absolute atomic E-state index is 0.0576. The Labute approximate surface area is 153 Å². The number of rotatable bonds is 5. The summed E-state index contributed by atoms with van der Waals surface area (Å²) in [4.78, 5) is 10.4. The monoisotopic (exact) mass is 355 g/mol. The standard InChI is InChI=1S/C19H22BNO5/c1-18(2)19(3,4)26-20(25-18)15-8-10-17(11-9-15)24-13-14-6-5-7-16(12-14)21(22)23/h5-12H,13H2,1-4H3. The zero-order valence-corrected chi connectivity index (χ0v) is 15.4. The van der Waals surface area contributed by atoms with Crippen molar-refractivity contribution in [3.05, 3.63) is 64.2 Å². The van der Waals surface area contributed by atoms with Crippen molar-refractivity contribution in [3.63, 3.8) is 0 Å². The predicted molar refractivity (Wildman–Crippen MR) is 99.6 cm³/mol. The molecule has 3 rings (SSSR count). The summed E-state index contributed by atoms with van der Waals surface area (Å²) in [6.07, 6.45) is 0. The third-order valence-electron chi connectivity index (χ3n) is 4.93. The molecule has 1 saturated heterocycles. The number of non-ortho nitro benzene ring substituents is 1. The Morgan fingerprint density at radius 1 is 1.04 bits per heavy atom. The molecule has 0 saturated carbocycles. The molecule has 1 aliphatic heterocycles. The highest BCUT2D eigenvalue weighted by atomic mass is 16.7. The van der Waals surface area contributed by atoms with Crippen LogP contribution in [0.15, 0.2) is 48.5 Å². The van der Waals surface area contributed by atoms with E-state index in [9.17, 15) is 10.1 Å². The summed E-state index contributed by atoms with van der Waals surface area (Å²) in [5.41, 5.74) is 0.965. The van der Waals surface area contributed by atoms with Crippen LogP contribution in [0.3, 0.4) is 0 Å². The molecule has 7 heteroatoms. The van der Waals surface area contributed by atoms with Crippen LogP contribution < -0.4 is 10.2 Å². The lowest BCUT2D eigenvalue weighted by atomic mass is 9.79. The summed E-state index contributed by atoms with van der Waals surface area (Å²) in [6, 6.07) is 13.9. The Morgan fingerprint density at radius 2 is 1.65 bits per heavy atom. The third-order valence-corrected chi connectivity index (χ3v) is 4.93. The Bertz CT molecular complexity index is 788. The van der Waals surface area contributed by atoms with E-state index in [1.807, 2.05) is 52.0 Å². The summed E-state index contributed by atoms with van der Waals surface area (Å²) >= 11 is 0. The minimum atomic E-state index is -0.414. The highest BCUT2D eigenvalue weighted by Gasteiger charge is 2.51. The van der Waals surface area contributed by atoms with Crippen molar-refractivity contribution in [3.8, 4) is 5.75 Å². The molecule has 0 aromatic heterocycles. The van der Waals surface area contributed by atoms with Crippen LogP contribution in [0.1, 0.15) is 33.3 Å². The van der Waals surface area contributed by atoms with E-state index < -0.39 is 12.0 Å². The number of nitro benzene ring substituents is 1. The SMILES string of the molecule is CC1(C)OB(c2ccc(OCc3cccc([N+](=O)[O-])c3)cc2)OC1(C)C. The second-order valence-electron chi connectivity index (χ2n) is 7.37. The quantitative estimate of drug-likeness (QED) is 0.467. The average molecular weight is 355 g/mol. The topological polar surface area (TPSA) is 70.8 Å². The first kappa shape index (κ1) is 18.4. The smallest absolute Gasteiger partial charge is 0.489 e. The number of benzene rings is 2. The molecular formula is C19H22BNO5. The molecule has 136 valence electrons. The summed E-state index contributed by atoms with van der Waals surface area (Å²) in [5, 5.41) is 10.8. The van der Waals surface area contributed by atoms with Gasteiger partial charge in [0.2, 0.25) is 0 Å². The van der Waals surface area contributed by atoms with Gasteiger partial charge in [-0.3, -0.25) is 10.1 Å². The van der Waals surface area contributed by atoms with E-state index in [1.54, 1.807) is 12.1 Å². The van der Waals surface area contributed by atoms with Gasteiger partial charge in [-0.15, -0.1) is 0 Å². The van der Waals surface area contributed by atoms with Crippen molar-refractivity contribution in [2.24, 2.45) is 0 Å². The molecule has 0 radical (unpaired) electrons. The largest absolute Gasteiger partial charge is 0.494 e. The Kier molecular flexibility index (Phi) is 4.77. The van der Waals surface area contributed by atoms with E-state index in [0.29, 0.717) is 5.75 Å². The van der Waals surface area contributed by atoms with E-state index in [4.69, 9.17) is 14.0 Å². The maximum absolute atomic E-state index is 10.8. The van der Waals surface area contributed by atoms with Gasteiger partial charge < -0.3 is 14.0 Å². The van der Waals surface area contributed by atoms with Gasteiger partial charge in [-0.25, -0.2) is 0 Å². The molecule has 6 nitrogen and oxygen atoms in total. The van der Waals surface area contributed by atoms with Gasteiger partial charge in [0.05, 0.1) is 16.1 Å². The lowest BCUT2D eigenvalue weighted by molar-refractivity contribution is -0.384. The number of hydrogen-bond acceptors (Lipinski definition) is 5. The second kappa shape index (κ2) is 6.74. The molecule has 2 aromatic carbocycles. The lowest BCUT2D eigenvalue weighted by Crippen LogP contribution is -2.41. The first-order valence-electron chi connectivity index (χ1n) is 8.50. The predicted octanol–water partition coefficient (Wildman–Crippen LogP) is 3.47. The molecule has 2 aromatic rings. The molecule has 0 N–H and O–H groups in total. The van der Waals surface area contributed by atoms with Crippen LogP contribution in [0.5, 0.6) is 5.75 Å². The number of ether oxygens (including phenoxy) is 1. The molecule has 0 spiro atoms. The van der Waals surface area contributed by atoms with Crippen LogP contribution in [-0.2, 0) is 15.9 Å². The number of nitrogens with zero attached hydrogens (tertiary/aromatic N) is 1. The van der Waals surface area contributed by atoms with Gasteiger partial charge in [-0.1, -0.05) is 24.3 Å². The summed E-state index contributed by atoms with van der Waals surface area (Å²) < 4.78 is 17.8. The highest BCUT2D eigenvalue weighted by molar-refractivity contribution is 6.62. The summed E-state index contributed by atoms with van der Waals surface area (Å²) in [6.45, 7) is 8.33. The van der Waals surface area contributed by atoms with Crippen molar-refractivity contribution >= 4 is 18.3 Å². The van der Waals surface area contributed by atoms with Gasteiger partial charge in [0.25, 0.3) is 5.69 Å². The Balaban J connectivity index is 1.64. The molecule has 26 heavy (non-hydrogen) atoms. The first-order chi connectivity index (χ1) is 12.2. The van der Waals surface area contributed by atoms with Gasteiger partial charge in [0, 0.05) is 12.1 Å². The summed E-state index contributed by atoms with van der Waals surface area (Å²) in [5.74, 6) is 0.678. The zero-order valence-electron chi connectivity index (χ0n) is 15.4. The Hall–Kier alpha value is -2.38. The molecule has 0 bridgehead atoms. The molecule has 0 amide bonds. The van der Waals surface area contributed by atoms with Gasteiger partial charge in [0.1, 0.15) is 12.4 Å². The molecular weight excluding hydrogens is 333 g/mol. The fraction of sp³-hybridized carbons (Fsp3) is 0.368. The first-order valence-corrected chi connectivity index (χ1v) is 8.50. The van der Waals surface area contributed by atoms with Gasteiger partial charge in [0.15, 0.2) is 0 Å². The van der Waals surface area contributed by atoms with Crippen LogP contribution in [0.25, 0.3) is 0 Å². The molecule has 1 aliphatic rings. The van der Waals surface area contributed by atoms with E-state index >= 15 is 0 Å². The maximum atomic E-state index is 10.8. The molecule has 1 fully saturated rings. The van der Waals surface area contributed by atoms with Crippen molar-refractivity contribution in [2.75, 3.05) is 0 Å². The van der Waals surface area contributed by atoms with Gasteiger partial charge in [-0.05, 0) is 50.9 Å². The number of hydrogen-bond donors (Lipinski definition) is 0. The summed E-state index contributed by atoms with van der Waals surface area (Å²) in [7, 11) is -0.411. The lowest BCUT2D eigenvalue weighted by Gasteiger charge is -2.32. The van der Waals surface area contributed by atoms with E-state index in [1.165, 1.54) is 12.1 Å². The van der Waals surface area contributed by atoms with Crippen LogP contribution in [0.2, 0.25) is 0 Å². The molecule has 0 aliphatic carbocycles. The van der Waals surface area contributed by atoms with Crippen LogP contribution in [-0.4, -0.2) is 23.2 Å². The highest BCUT2D eigenvalue weighted by Crippen LogP contribution is 2.36. The van der Waals surface area contributed by atoms with Crippen molar-refractivity contribution < 1.29 is 19.0 Å². The minimum Gasteiger partial charge on any atom is -0.489 e. The van der Waals surface area contributed by atoms with Crippen LogP contribution >= 0.6 is 0 Å². The van der Waals surface area contributed by atoms with Gasteiger partial charge >= 0.3 is 7.12 Å². The maximum Gasteiger partial charge on any atom is 0.494 e. The molecule has 0 atom stereocenters. The zero-order chi connectivity index (χ0) is 18.9. The fourth-order valence-electron chi connectivity index (χ4n) is 2.63. The second-order valence-corrected chi connectivity index (χ2v) is 7.37. The van der Waals surface area contributed by atoms with E-state index in [2.05, 4.69) is 0 Å². The molecule has 1 heterocycles. The fourth-order valence-corrected chi connectivity index (χ4v) is 2.63. The number of nitro groups is 1. The van der Waals surface area contributed by atoms with E-state index in [-0.39, 0.29) is 23.5 Å². The normalized spacial score (nSPS) is 17.9. The third kappa shape index (κ3) is 3.74. The Morgan fingerprint density at radius 3 is 2.23 bits per heavy atom. The van der Waals surface area contributed by atoms with Crippen molar-refractivity contribution in [1.82, 2.24) is 0 Å². The van der Waals surface area contributed by atoms with E-state index in [0.717, 1.165) is 11.0 Å². The van der Waals surface area contributed by atoms with Crippen LogP contribution in [0, 0.1) is 10.1 Å². The van der Waals surface area contributed by atoms with Gasteiger partial charge in [-0.2, -0.15) is 0 Å². The average Bonchev–Trinajstić information content (AvgIpc) is 2.81. The van der Waals surface area contributed by atoms with Crippen molar-refractivity contribution in [1.29, 1.82) is 0 Å². The van der Waals surface area contributed by atoms with Crippen LogP contribution in [0.4, 0.5) is 5.69 Å².